The lowest BCUT2D eigenvalue weighted by Gasteiger charge is -2.10. The second kappa shape index (κ2) is 5.48. The van der Waals surface area contributed by atoms with Crippen molar-refractivity contribution in [3.05, 3.63) is 52.3 Å². The topological polar surface area (TPSA) is 17.0 Å². The Labute approximate surface area is 111 Å². The number of nitrogens with one attached hydrogen (secondary N) is 1. The zero-order valence-electron chi connectivity index (χ0n) is 9.58. The van der Waals surface area contributed by atoms with Crippen LogP contribution >= 0.6 is 23.2 Å². The Balaban J connectivity index is 2.07. The average Bonchev–Trinajstić information content (AvgIpc) is 2.75. The van der Waals surface area contributed by atoms with Crippen molar-refractivity contribution in [2.45, 2.75) is 20.0 Å². The third-order valence-electron chi connectivity index (χ3n) is 2.66. The molecule has 0 saturated carbocycles. The molecular weight excluding hydrogens is 255 g/mol. The summed E-state index contributed by atoms with van der Waals surface area (Å²) >= 11 is 11.9. The predicted octanol–water partition coefficient (Wildman–Crippen LogP) is 4.43. The Bertz CT molecular complexity index is 506. The van der Waals surface area contributed by atoms with Gasteiger partial charge in [-0.05, 0) is 37.3 Å². The summed E-state index contributed by atoms with van der Waals surface area (Å²) in [5.74, 6) is 0. The van der Waals surface area contributed by atoms with Crippen LogP contribution in [0.5, 0.6) is 0 Å². The van der Waals surface area contributed by atoms with Gasteiger partial charge in [-0.25, -0.2) is 0 Å². The van der Waals surface area contributed by atoms with E-state index >= 15 is 0 Å². The van der Waals surface area contributed by atoms with Gasteiger partial charge in [-0.15, -0.1) is 0 Å². The van der Waals surface area contributed by atoms with E-state index in [4.69, 9.17) is 23.2 Å². The summed E-state index contributed by atoms with van der Waals surface area (Å²) in [5, 5.41) is 4.60. The molecule has 0 unspecified atom stereocenters. The molecule has 17 heavy (non-hydrogen) atoms. The van der Waals surface area contributed by atoms with Crippen molar-refractivity contribution in [1.29, 1.82) is 0 Å². The molecule has 0 spiro atoms. The van der Waals surface area contributed by atoms with E-state index < -0.39 is 0 Å². The Morgan fingerprint density at radius 2 is 2.06 bits per heavy atom. The average molecular weight is 269 g/mol. The van der Waals surface area contributed by atoms with E-state index in [-0.39, 0.29) is 0 Å². The molecule has 0 saturated heterocycles. The van der Waals surface area contributed by atoms with Crippen LogP contribution in [0.25, 0.3) is 0 Å². The molecule has 0 bridgehead atoms. The predicted molar refractivity (Wildman–Crippen MR) is 73.9 cm³/mol. The molecule has 0 aliphatic rings. The van der Waals surface area contributed by atoms with Crippen LogP contribution in [-0.4, -0.2) is 4.57 Å². The third-order valence-corrected chi connectivity index (χ3v) is 3.20. The van der Waals surface area contributed by atoms with Crippen LogP contribution in [0.2, 0.25) is 10.0 Å². The first-order valence-corrected chi connectivity index (χ1v) is 6.29. The van der Waals surface area contributed by atoms with Crippen molar-refractivity contribution in [3.8, 4) is 0 Å². The SMILES string of the molecule is CCn1cccc1CNc1ccc(Cl)cc1Cl. The zero-order chi connectivity index (χ0) is 12.3. The summed E-state index contributed by atoms with van der Waals surface area (Å²) < 4.78 is 2.19. The van der Waals surface area contributed by atoms with Gasteiger partial charge in [0.25, 0.3) is 0 Å². The monoisotopic (exact) mass is 268 g/mol. The molecular formula is C13H14Cl2N2. The van der Waals surface area contributed by atoms with Crippen LogP contribution in [0, 0.1) is 0 Å². The van der Waals surface area contributed by atoms with Crippen LogP contribution in [0.4, 0.5) is 5.69 Å². The fraction of sp³-hybridized carbons (Fsp3) is 0.231. The van der Waals surface area contributed by atoms with Crippen molar-refractivity contribution >= 4 is 28.9 Å². The highest BCUT2D eigenvalue weighted by Crippen LogP contribution is 2.25. The number of hydrogen-bond donors (Lipinski definition) is 1. The maximum absolute atomic E-state index is 6.09. The fourth-order valence-electron chi connectivity index (χ4n) is 1.74. The quantitative estimate of drug-likeness (QED) is 0.868. The summed E-state index contributed by atoms with van der Waals surface area (Å²) in [6, 6.07) is 9.60. The number of rotatable bonds is 4. The molecule has 0 aliphatic heterocycles. The summed E-state index contributed by atoms with van der Waals surface area (Å²) in [6.07, 6.45) is 2.07. The summed E-state index contributed by atoms with van der Waals surface area (Å²) in [5.41, 5.74) is 2.14. The van der Waals surface area contributed by atoms with Crippen molar-refractivity contribution in [2.24, 2.45) is 0 Å². The van der Waals surface area contributed by atoms with Crippen molar-refractivity contribution in [1.82, 2.24) is 4.57 Å². The van der Waals surface area contributed by atoms with Gasteiger partial charge < -0.3 is 9.88 Å². The third kappa shape index (κ3) is 2.96. The molecule has 1 N–H and O–H groups in total. The largest absolute Gasteiger partial charge is 0.378 e. The molecule has 0 amide bonds. The van der Waals surface area contributed by atoms with Crippen LogP contribution in [0.15, 0.2) is 36.5 Å². The number of halogens is 2. The fourth-order valence-corrected chi connectivity index (χ4v) is 2.21. The number of nitrogens with zero attached hydrogens (tertiary/aromatic N) is 1. The van der Waals surface area contributed by atoms with E-state index in [9.17, 15) is 0 Å². The van der Waals surface area contributed by atoms with Crippen LogP contribution in [-0.2, 0) is 13.1 Å². The lowest BCUT2D eigenvalue weighted by atomic mass is 10.3. The van der Waals surface area contributed by atoms with Gasteiger partial charge in [0, 0.05) is 23.5 Å². The number of aromatic nitrogens is 1. The van der Waals surface area contributed by atoms with Crippen molar-refractivity contribution < 1.29 is 0 Å². The number of hydrogen-bond acceptors (Lipinski definition) is 1. The van der Waals surface area contributed by atoms with Crippen molar-refractivity contribution in [3.63, 3.8) is 0 Å². The molecule has 0 fully saturated rings. The molecule has 1 aromatic heterocycles. The van der Waals surface area contributed by atoms with Gasteiger partial charge in [0.1, 0.15) is 0 Å². The minimum atomic E-state index is 0.645. The molecule has 0 atom stereocenters. The highest BCUT2D eigenvalue weighted by atomic mass is 35.5. The van der Waals surface area contributed by atoms with Crippen LogP contribution < -0.4 is 5.32 Å². The maximum atomic E-state index is 6.09. The van der Waals surface area contributed by atoms with E-state index in [1.54, 1.807) is 6.07 Å². The lowest BCUT2D eigenvalue weighted by Crippen LogP contribution is -2.06. The van der Waals surface area contributed by atoms with Crippen LogP contribution in [0.1, 0.15) is 12.6 Å². The van der Waals surface area contributed by atoms with Gasteiger partial charge in [-0.1, -0.05) is 23.2 Å². The van der Waals surface area contributed by atoms with Gasteiger partial charge in [-0.2, -0.15) is 0 Å². The summed E-state index contributed by atoms with van der Waals surface area (Å²) in [4.78, 5) is 0. The standard InChI is InChI=1S/C13H14Cl2N2/c1-2-17-7-3-4-11(17)9-16-13-6-5-10(14)8-12(13)15/h3-8,16H,2,9H2,1H3. The highest BCUT2D eigenvalue weighted by molar-refractivity contribution is 6.36. The van der Waals surface area contributed by atoms with E-state index in [0.717, 1.165) is 18.8 Å². The number of anilines is 1. The molecule has 2 nitrogen and oxygen atoms in total. The highest BCUT2D eigenvalue weighted by Gasteiger charge is 2.02. The smallest absolute Gasteiger partial charge is 0.0652 e. The molecule has 1 aromatic carbocycles. The van der Waals surface area contributed by atoms with Crippen molar-refractivity contribution in [2.75, 3.05) is 5.32 Å². The Kier molecular flexibility index (Phi) is 3.97. The van der Waals surface area contributed by atoms with Gasteiger partial charge in [0.15, 0.2) is 0 Å². The summed E-state index contributed by atoms with van der Waals surface area (Å²) in [7, 11) is 0. The van der Waals surface area contributed by atoms with E-state index in [1.165, 1.54) is 5.69 Å². The first kappa shape index (κ1) is 12.3. The van der Waals surface area contributed by atoms with Gasteiger partial charge in [-0.3, -0.25) is 0 Å². The Morgan fingerprint density at radius 1 is 1.24 bits per heavy atom. The van der Waals surface area contributed by atoms with E-state index in [1.807, 2.05) is 18.2 Å². The molecule has 0 aliphatic carbocycles. The second-order valence-electron chi connectivity index (χ2n) is 3.76. The first-order chi connectivity index (χ1) is 8.20. The van der Waals surface area contributed by atoms with Crippen LogP contribution in [0.3, 0.4) is 0 Å². The first-order valence-electron chi connectivity index (χ1n) is 5.53. The van der Waals surface area contributed by atoms with E-state index in [2.05, 4.69) is 29.1 Å². The molecule has 1 heterocycles. The summed E-state index contributed by atoms with van der Waals surface area (Å²) in [6.45, 7) is 3.85. The van der Waals surface area contributed by atoms with E-state index in [0.29, 0.717) is 10.0 Å². The minimum Gasteiger partial charge on any atom is -0.378 e. The molecule has 0 radical (unpaired) electrons. The normalized spacial score (nSPS) is 10.5. The number of aryl methyl sites for hydroxylation is 1. The number of benzene rings is 1. The minimum absolute atomic E-state index is 0.645. The van der Waals surface area contributed by atoms with Gasteiger partial charge in [0.2, 0.25) is 0 Å². The molecule has 4 heteroatoms. The lowest BCUT2D eigenvalue weighted by molar-refractivity contribution is 0.724. The Morgan fingerprint density at radius 3 is 2.76 bits per heavy atom. The van der Waals surface area contributed by atoms with Gasteiger partial charge >= 0.3 is 0 Å². The maximum Gasteiger partial charge on any atom is 0.0652 e. The molecule has 2 aromatic rings. The molecule has 2 rings (SSSR count). The second-order valence-corrected chi connectivity index (χ2v) is 4.61. The zero-order valence-corrected chi connectivity index (χ0v) is 11.1. The van der Waals surface area contributed by atoms with Gasteiger partial charge in [0.05, 0.1) is 17.3 Å². The Hall–Kier alpha value is -1.12. The molecule has 90 valence electrons.